The quantitative estimate of drug-likeness (QED) is 0.686. The molecular formula is C10H13ClN2. The Kier molecular flexibility index (Phi) is 3.32. The maximum absolute atomic E-state index is 5.90. The van der Waals surface area contributed by atoms with E-state index < -0.39 is 0 Å². The molecule has 1 aromatic heterocycles. The van der Waals surface area contributed by atoms with Crippen molar-refractivity contribution in [2.24, 2.45) is 0 Å². The standard InChI is InChI=1S/C8H7ClN2.C2H6/c1-5-6-4-10-11-8(6)3-2-7(5)9;1-2/h2-4H,1H3,(H,10,11);1-2H3. The number of aromatic nitrogens is 2. The van der Waals surface area contributed by atoms with Crippen molar-refractivity contribution in [3.05, 3.63) is 28.9 Å². The number of H-pyrrole nitrogens is 1. The van der Waals surface area contributed by atoms with E-state index >= 15 is 0 Å². The topological polar surface area (TPSA) is 28.7 Å². The van der Waals surface area contributed by atoms with E-state index in [4.69, 9.17) is 11.6 Å². The molecule has 0 fully saturated rings. The van der Waals surface area contributed by atoms with Gasteiger partial charge in [0.15, 0.2) is 0 Å². The van der Waals surface area contributed by atoms with Crippen LogP contribution in [0.15, 0.2) is 18.3 Å². The number of aryl methyl sites for hydroxylation is 1. The van der Waals surface area contributed by atoms with Crippen LogP contribution in [0.25, 0.3) is 10.9 Å². The number of nitrogens with zero attached hydrogens (tertiary/aromatic N) is 1. The van der Waals surface area contributed by atoms with Gasteiger partial charge in [0, 0.05) is 10.4 Å². The number of rotatable bonds is 0. The van der Waals surface area contributed by atoms with E-state index in [2.05, 4.69) is 10.2 Å². The van der Waals surface area contributed by atoms with Gasteiger partial charge >= 0.3 is 0 Å². The molecule has 0 aliphatic heterocycles. The number of hydrogen-bond donors (Lipinski definition) is 1. The van der Waals surface area contributed by atoms with Crippen molar-refractivity contribution in [3.63, 3.8) is 0 Å². The first kappa shape index (κ1) is 10.1. The zero-order valence-corrected chi connectivity index (χ0v) is 8.81. The van der Waals surface area contributed by atoms with Crippen LogP contribution < -0.4 is 0 Å². The molecule has 0 bridgehead atoms. The molecule has 0 radical (unpaired) electrons. The summed E-state index contributed by atoms with van der Waals surface area (Å²) < 4.78 is 0. The summed E-state index contributed by atoms with van der Waals surface area (Å²) in [5.41, 5.74) is 2.12. The van der Waals surface area contributed by atoms with Crippen LogP contribution in [0.4, 0.5) is 0 Å². The molecule has 2 nitrogen and oxygen atoms in total. The Morgan fingerprint density at radius 1 is 1.31 bits per heavy atom. The number of hydrogen-bond acceptors (Lipinski definition) is 1. The average molecular weight is 197 g/mol. The second kappa shape index (κ2) is 4.28. The summed E-state index contributed by atoms with van der Waals surface area (Å²) in [6, 6.07) is 3.80. The smallest absolute Gasteiger partial charge is 0.0654 e. The molecule has 13 heavy (non-hydrogen) atoms. The molecule has 0 aliphatic rings. The minimum absolute atomic E-state index is 0.791. The summed E-state index contributed by atoms with van der Waals surface area (Å²) >= 11 is 5.90. The molecule has 1 heterocycles. The van der Waals surface area contributed by atoms with E-state index in [1.807, 2.05) is 32.9 Å². The first-order valence-electron chi connectivity index (χ1n) is 4.37. The third-order valence-corrected chi connectivity index (χ3v) is 2.24. The summed E-state index contributed by atoms with van der Waals surface area (Å²) in [7, 11) is 0. The Morgan fingerprint density at radius 2 is 2.00 bits per heavy atom. The van der Waals surface area contributed by atoms with Crippen molar-refractivity contribution in [1.82, 2.24) is 10.2 Å². The van der Waals surface area contributed by atoms with E-state index in [0.717, 1.165) is 21.5 Å². The zero-order chi connectivity index (χ0) is 9.84. The van der Waals surface area contributed by atoms with Gasteiger partial charge in [0.2, 0.25) is 0 Å². The molecule has 0 spiro atoms. The summed E-state index contributed by atoms with van der Waals surface area (Å²) in [5, 5.41) is 8.68. The minimum Gasteiger partial charge on any atom is -0.278 e. The molecular weight excluding hydrogens is 184 g/mol. The summed E-state index contributed by atoms with van der Waals surface area (Å²) in [6.07, 6.45) is 1.79. The van der Waals surface area contributed by atoms with Gasteiger partial charge in [-0.2, -0.15) is 5.10 Å². The monoisotopic (exact) mass is 196 g/mol. The van der Waals surface area contributed by atoms with Crippen LogP contribution in [-0.4, -0.2) is 10.2 Å². The lowest BCUT2D eigenvalue weighted by Gasteiger charge is -1.96. The molecule has 0 saturated carbocycles. The SMILES string of the molecule is CC.Cc1c(Cl)ccc2[nH]ncc12. The van der Waals surface area contributed by atoms with Gasteiger partial charge < -0.3 is 0 Å². The highest BCUT2D eigenvalue weighted by molar-refractivity contribution is 6.32. The molecule has 0 saturated heterocycles. The third kappa shape index (κ3) is 1.83. The van der Waals surface area contributed by atoms with Crippen molar-refractivity contribution in [2.75, 3.05) is 0 Å². The number of fused-ring (bicyclic) bond motifs is 1. The van der Waals surface area contributed by atoms with Gasteiger partial charge in [-0.25, -0.2) is 0 Å². The molecule has 0 aliphatic carbocycles. The third-order valence-electron chi connectivity index (χ3n) is 1.83. The largest absolute Gasteiger partial charge is 0.278 e. The first-order valence-corrected chi connectivity index (χ1v) is 4.75. The van der Waals surface area contributed by atoms with Gasteiger partial charge in [0.05, 0.1) is 11.7 Å². The van der Waals surface area contributed by atoms with Crippen molar-refractivity contribution in [1.29, 1.82) is 0 Å². The van der Waals surface area contributed by atoms with Crippen LogP contribution in [0, 0.1) is 6.92 Å². The normalized spacial score (nSPS) is 9.54. The molecule has 2 rings (SSSR count). The molecule has 3 heteroatoms. The van der Waals surface area contributed by atoms with Gasteiger partial charge in [0.1, 0.15) is 0 Å². The lowest BCUT2D eigenvalue weighted by atomic mass is 10.1. The molecule has 0 atom stereocenters. The Balaban J connectivity index is 0.000000396. The second-order valence-electron chi connectivity index (χ2n) is 2.50. The van der Waals surface area contributed by atoms with E-state index in [1.54, 1.807) is 6.20 Å². The van der Waals surface area contributed by atoms with Crippen molar-refractivity contribution in [2.45, 2.75) is 20.8 Å². The number of aromatic amines is 1. The molecule has 1 aromatic carbocycles. The van der Waals surface area contributed by atoms with Crippen molar-refractivity contribution < 1.29 is 0 Å². The highest BCUT2D eigenvalue weighted by Crippen LogP contribution is 2.22. The Hall–Kier alpha value is -1.02. The predicted molar refractivity (Wildman–Crippen MR) is 57.2 cm³/mol. The van der Waals surface area contributed by atoms with Crippen LogP contribution in [0.2, 0.25) is 5.02 Å². The molecule has 70 valence electrons. The predicted octanol–water partition coefficient (Wildman–Crippen LogP) is 3.55. The fraction of sp³-hybridized carbons (Fsp3) is 0.300. The Labute approximate surface area is 82.9 Å². The van der Waals surface area contributed by atoms with Gasteiger partial charge in [-0.3, -0.25) is 5.10 Å². The molecule has 1 N–H and O–H groups in total. The molecule has 0 amide bonds. The molecule has 2 aromatic rings. The Morgan fingerprint density at radius 3 is 2.69 bits per heavy atom. The summed E-state index contributed by atoms with van der Waals surface area (Å²) in [5.74, 6) is 0. The van der Waals surface area contributed by atoms with E-state index in [9.17, 15) is 0 Å². The van der Waals surface area contributed by atoms with E-state index in [-0.39, 0.29) is 0 Å². The van der Waals surface area contributed by atoms with Gasteiger partial charge in [0.25, 0.3) is 0 Å². The van der Waals surface area contributed by atoms with Crippen molar-refractivity contribution in [3.8, 4) is 0 Å². The minimum atomic E-state index is 0.791. The van der Waals surface area contributed by atoms with Crippen LogP contribution in [0.5, 0.6) is 0 Å². The fourth-order valence-electron chi connectivity index (χ4n) is 1.13. The van der Waals surface area contributed by atoms with E-state index in [0.29, 0.717) is 0 Å². The van der Waals surface area contributed by atoms with Gasteiger partial charge in [-0.1, -0.05) is 25.4 Å². The van der Waals surface area contributed by atoms with Crippen LogP contribution in [-0.2, 0) is 0 Å². The van der Waals surface area contributed by atoms with E-state index in [1.165, 1.54) is 0 Å². The van der Waals surface area contributed by atoms with Crippen LogP contribution in [0.3, 0.4) is 0 Å². The highest BCUT2D eigenvalue weighted by Gasteiger charge is 2.01. The maximum Gasteiger partial charge on any atom is 0.0654 e. The summed E-state index contributed by atoms with van der Waals surface area (Å²) in [6.45, 7) is 5.99. The van der Waals surface area contributed by atoms with Crippen LogP contribution >= 0.6 is 11.6 Å². The number of nitrogens with one attached hydrogen (secondary N) is 1. The number of benzene rings is 1. The fourth-order valence-corrected chi connectivity index (χ4v) is 1.30. The highest BCUT2D eigenvalue weighted by atomic mass is 35.5. The number of halogens is 1. The average Bonchev–Trinajstić information content (AvgIpc) is 2.63. The first-order chi connectivity index (χ1) is 6.29. The summed E-state index contributed by atoms with van der Waals surface area (Å²) in [4.78, 5) is 0. The lowest BCUT2D eigenvalue weighted by molar-refractivity contribution is 1.12. The molecule has 0 unspecified atom stereocenters. The maximum atomic E-state index is 5.90. The zero-order valence-electron chi connectivity index (χ0n) is 8.06. The second-order valence-corrected chi connectivity index (χ2v) is 2.91. The lowest BCUT2D eigenvalue weighted by Crippen LogP contribution is -1.75. The van der Waals surface area contributed by atoms with Gasteiger partial charge in [-0.15, -0.1) is 0 Å². The van der Waals surface area contributed by atoms with Crippen molar-refractivity contribution >= 4 is 22.5 Å². The Bertz CT molecular complexity index is 393. The van der Waals surface area contributed by atoms with Crippen LogP contribution in [0.1, 0.15) is 19.4 Å². The van der Waals surface area contributed by atoms with Gasteiger partial charge in [-0.05, 0) is 24.6 Å².